The van der Waals surface area contributed by atoms with Gasteiger partial charge in [-0.1, -0.05) is 62.4 Å². The lowest BCUT2D eigenvalue weighted by Gasteiger charge is -2.44. The van der Waals surface area contributed by atoms with Crippen molar-refractivity contribution in [3.63, 3.8) is 0 Å². The molecule has 3 atom stereocenters. The highest BCUT2D eigenvalue weighted by atomic mass is 16.6. The molecule has 0 saturated heterocycles. The zero-order chi connectivity index (χ0) is 34.4. The van der Waals surface area contributed by atoms with Gasteiger partial charge in [0.2, 0.25) is 11.8 Å². The van der Waals surface area contributed by atoms with E-state index in [1.54, 1.807) is 46.4 Å². The van der Waals surface area contributed by atoms with Crippen molar-refractivity contribution in [1.29, 1.82) is 0 Å². The summed E-state index contributed by atoms with van der Waals surface area (Å²) in [4.78, 5) is 57.3. The maximum atomic E-state index is 14.6. The molecule has 0 radical (unpaired) electrons. The van der Waals surface area contributed by atoms with Gasteiger partial charge in [0.15, 0.2) is 0 Å². The number of carbonyl (C=O) groups excluding carboxylic acids is 4. The summed E-state index contributed by atoms with van der Waals surface area (Å²) in [6.45, 7) is 18.2. The van der Waals surface area contributed by atoms with E-state index in [1.165, 1.54) is 0 Å². The summed E-state index contributed by atoms with van der Waals surface area (Å²) in [6.07, 6.45) is 1.87. The molecule has 2 N–H and O–H groups in total. The van der Waals surface area contributed by atoms with Gasteiger partial charge >= 0.3 is 12.1 Å². The third kappa shape index (κ3) is 10.1. The van der Waals surface area contributed by atoms with E-state index >= 15 is 0 Å². The fourth-order valence-electron chi connectivity index (χ4n) is 5.45. The van der Waals surface area contributed by atoms with Gasteiger partial charge in [-0.15, -0.1) is 0 Å². The predicted octanol–water partition coefficient (Wildman–Crippen LogP) is 6.34. The summed E-state index contributed by atoms with van der Waals surface area (Å²) in [5, 5.41) is 5.78. The summed E-state index contributed by atoms with van der Waals surface area (Å²) in [5.41, 5.74) is 1.85. The number of alkyl carbamates (subject to hydrolysis) is 1. The zero-order valence-electron chi connectivity index (χ0n) is 29.2. The number of esters is 1. The van der Waals surface area contributed by atoms with Gasteiger partial charge in [-0.25, -0.2) is 9.59 Å². The van der Waals surface area contributed by atoms with E-state index in [0.717, 1.165) is 36.0 Å². The van der Waals surface area contributed by atoms with Gasteiger partial charge in [0.25, 0.3) is 0 Å². The second kappa shape index (κ2) is 15.1. The Hall–Kier alpha value is -3.88. The summed E-state index contributed by atoms with van der Waals surface area (Å²) >= 11 is 0. The van der Waals surface area contributed by atoms with Gasteiger partial charge in [-0.3, -0.25) is 9.59 Å². The molecule has 0 aliphatic heterocycles. The van der Waals surface area contributed by atoms with Crippen LogP contribution in [0.2, 0.25) is 0 Å². The van der Waals surface area contributed by atoms with Crippen molar-refractivity contribution >= 4 is 23.9 Å². The van der Waals surface area contributed by atoms with E-state index in [1.807, 2.05) is 76.2 Å². The number of benzene rings is 2. The number of nitrogens with zero attached hydrogens (tertiary/aromatic N) is 1. The molecule has 0 spiro atoms. The molecule has 3 amide bonds. The minimum absolute atomic E-state index is 0.215. The molecule has 46 heavy (non-hydrogen) atoms. The quantitative estimate of drug-likeness (QED) is 0.279. The normalized spacial score (nSPS) is 15.6. The van der Waals surface area contributed by atoms with Crippen molar-refractivity contribution in [3.8, 4) is 0 Å². The van der Waals surface area contributed by atoms with Crippen molar-refractivity contribution in [2.24, 2.45) is 5.92 Å². The molecule has 9 nitrogen and oxygen atoms in total. The molecule has 3 unspecified atom stereocenters. The van der Waals surface area contributed by atoms with Crippen molar-refractivity contribution in [2.45, 2.75) is 130 Å². The molecule has 2 aromatic rings. The fraction of sp³-hybridized carbons (Fsp3) is 0.568. The number of amides is 3. The van der Waals surface area contributed by atoms with Crippen molar-refractivity contribution in [3.05, 3.63) is 70.8 Å². The van der Waals surface area contributed by atoms with E-state index in [9.17, 15) is 19.2 Å². The number of hydrogen-bond acceptors (Lipinski definition) is 6. The monoisotopic (exact) mass is 635 g/mol. The summed E-state index contributed by atoms with van der Waals surface area (Å²) in [5.74, 6) is -1.71. The molecule has 3 rings (SSSR count). The van der Waals surface area contributed by atoms with Crippen LogP contribution in [-0.4, -0.2) is 58.1 Å². The van der Waals surface area contributed by atoms with Gasteiger partial charge in [-0.2, -0.15) is 0 Å². The van der Waals surface area contributed by atoms with E-state index in [0.29, 0.717) is 5.56 Å². The fourth-order valence-corrected chi connectivity index (χ4v) is 5.45. The second-order valence-corrected chi connectivity index (χ2v) is 14.7. The Bertz CT molecular complexity index is 1370. The van der Waals surface area contributed by atoms with Gasteiger partial charge in [0.1, 0.15) is 29.3 Å². The largest absolute Gasteiger partial charge is 0.458 e. The Balaban J connectivity index is 2.10. The molecule has 1 aliphatic rings. The highest BCUT2D eigenvalue weighted by Crippen LogP contribution is 2.36. The highest BCUT2D eigenvalue weighted by Gasteiger charge is 2.44. The van der Waals surface area contributed by atoms with Crippen molar-refractivity contribution in [1.82, 2.24) is 15.5 Å². The molecule has 9 heteroatoms. The lowest BCUT2D eigenvalue weighted by atomic mass is 9.86. The first-order chi connectivity index (χ1) is 21.4. The Labute approximate surface area is 274 Å². The predicted molar refractivity (Wildman–Crippen MR) is 179 cm³/mol. The number of nitrogens with one attached hydrogen (secondary N) is 2. The number of rotatable bonds is 11. The number of ether oxygens (including phenoxy) is 2. The SMILES string of the molecule is Cc1cccc(C(C(=O)NC(Cc2ccccc2)C(=O)OC(C)(C)C)N(C(=O)C(NC(=O)OC(C)(C)C)C(C)C)C2CCC2)c1C. The first-order valence-electron chi connectivity index (χ1n) is 16.3. The molecule has 0 heterocycles. The van der Waals surface area contributed by atoms with Crippen LogP contribution >= 0.6 is 0 Å². The summed E-state index contributed by atoms with van der Waals surface area (Å²) < 4.78 is 11.2. The van der Waals surface area contributed by atoms with E-state index in [-0.39, 0.29) is 24.3 Å². The molecule has 0 bridgehead atoms. The molecule has 0 aromatic heterocycles. The Morgan fingerprint density at radius 3 is 1.98 bits per heavy atom. The standard InChI is InChI=1S/C37H53N3O6/c1-23(2)30(39-35(44)46-37(8,9)10)33(42)40(27-19-15-20-27)31(28-21-14-16-24(3)25(28)4)32(41)38-29(34(43)45-36(5,6)7)22-26-17-12-11-13-18-26/h11-14,16-18,21,23,27,29-31H,15,19-20,22H2,1-10H3,(H,38,41)(H,39,44). The minimum atomic E-state index is -1.06. The highest BCUT2D eigenvalue weighted by molar-refractivity contribution is 5.94. The number of carbonyl (C=O) groups is 4. The molecule has 1 aliphatic carbocycles. The summed E-state index contributed by atoms with van der Waals surface area (Å²) in [7, 11) is 0. The Morgan fingerprint density at radius 2 is 1.46 bits per heavy atom. The van der Waals surface area contributed by atoms with E-state index < -0.39 is 47.3 Å². The van der Waals surface area contributed by atoms with Crippen LogP contribution in [0.5, 0.6) is 0 Å². The average Bonchev–Trinajstić information content (AvgIpc) is 2.90. The lowest BCUT2D eigenvalue weighted by molar-refractivity contribution is -0.159. The third-order valence-corrected chi connectivity index (χ3v) is 8.09. The van der Waals surface area contributed by atoms with Crippen LogP contribution in [0.15, 0.2) is 48.5 Å². The van der Waals surface area contributed by atoms with Crippen LogP contribution in [0, 0.1) is 19.8 Å². The lowest BCUT2D eigenvalue weighted by Crippen LogP contribution is -2.60. The maximum Gasteiger partial charge on any atom is 0.408 e. The molecule has 2 aromatic carbocycles. The molecule has 1 saturated carbocycles. The topological polar surface area (TPSA) is 114 Å². The van der Waals surface area contributed by atoms with Gasteiger partial charge < -0.3 is 25.0 Å². The third-order valence-electron chi connectivity index (χ3n) is 8.09. The van der Waals surface area contributed by atoms with Gasteiger partial charge in [0.05, 0.1) is 0 Å². The Morgan fingerprint density at radius 1 is 0.848 bits per heavy atom. The van der Waals surface area contributed by atoms with Crippen LogP contribution < -0.4 is 10.6 Å². The van der Waals surface area contributed by atoms with Crippen LogP contribution in [-0.2, 0) is 30.3 Å². The van der Waals surface area contributed by atoms with Crippen LogP contribution in [0.1, 0.15) is 103 Å². The first kappa shape index (κ1) is 36.6. The Kier molecular flexibility index (Phi) is 12.0. The smallest absolute Gasteiger partial charge is 0.408 e. The second-order valence-electron chi connectivity index (χ2n) is 14.7. The summed E-state index contributed by atoms with van der Waals surface area (Å²) in [6, 6.07) is 11.9. The maximum absolute atomic E-state index is 14.6. The minimum Gasteiger partial charge on any atom is -0.458 e. The van der Waals surface area contributed by atoms with Crippen LogP contribution in [0.25, 0.3) is 0 Å². The van der Waals surface area contributed by atoms with Crippen molar-refractivity contribution in [2.75, 3.05) is 0 Å². The number of aryl methyl sites for hydroxylation is 1. The zero-order valence-corrected chi connectivity index (χ0v) is 29.2. The molecular weight excluding hydrogens is 582 g/mol. The number of hydrogen-bond donors (Lipinski definition) is 2. The van der Waals surface area contributed by atoms with E-state index in [4.69, 9.17) is 9.47 Å². The van der Waals surface area contributed by atoms with Crippen LogP contribution in [0.3, 0.4) is 0 Å². The van der Waals surface area contributed by atoms with Crippen LogP contribution in [0.4, 0.5) is 4.79 Å². The van der Waals surface area contributed by atoms with Crippen molar-refractivity contribution < 1.29 is 28.7 Å². The van der Waals surface area contributed by atoms with E-state index in [2.05, 4.69) is 10.6 Å². The molecular formula is C37H53N3O6. The first-order valence-corrected chi connectivity index (χ1v) is 16.3. The molecule has 252 valence electrons. The van der Waals surface area contributed by atoms with Gasteiger partial charge in [0, 0.05) is 12.5 Å². The van der Waals surface area contributed by atoms with Gasteiger partial charge in [-0.05, 0) is 103 Å². The average molecular weight is 636 g/mol. The molecule has 1 fully saturated rings.